The smallest absolute Gasteiger partial charge is 0.327 e. The van der Waals surface area contributed by atoms with Crippen molar-refractivity contribution in [1.82, 2.24) is 0 Å². The van der Waals surface area contributed by atoms with Gasteiger partial charge in [-0.3, -0.25) is 4.79 Å². The van der Waals surface area contributed by atoms with Gasteiger partial charge in [-0.2, -0.15) is 0 Å². The van der Waals surface area contributed by atoms with Crippen molar-refractivity contribution in [2.24, 2.45) is 5.73 Å². The predicted octanol–water partition coefficient (Wildman–Crippen LogP) is 1.43. The van der Waals surface area contributed by atoms with Gasteiger partial charge in [0, 0.05) is 0 Å². The van der Waals surface area contributed by atoms with Crippen LogP contribution in [0.5, 0.6) is 5.75 Å². The quantitative estimate of drug-likeness (QED) is 0.824. The molecule has 1 aromatic rings. The van der Waals surface area contributed by atoms with E-state index in [1.165, 1.54) is 32.4 Å². The van der Waals surface area contributed by atoms with Gasteiger partial charge in [-0.25, -0.2) is 4.39 Å². The number of ether oxygens (including phenoxy) is 2. The number of carbonyl (C=O) groups is 1. The van der Waals surface area contributed by atoms with Crippen molar-refractivity contribution in [2.75, 3.05) is 14.2 Å². The molecule has 0 unspecified atom stereocenters. The van der Waals surface area contributed by atoms with Crippen LogP contribution in [0.25, 0.3) is 0 Å². The lowest BCUT2D eigenvalue weighted by Crippen LogP contribution is -2.24. The molecule has 0 saturated heterocycles. The Morgan fingerprint density at radius 3 is 2.56 bits per heavy atom. The molecule has 0 aliphatic rings. The van der Waals surface area contributed by atoms with Crippen LogP contribution >= 0.6 is 12.4 Å². The fraction of sp³-hybridized carbons (Fsp3) is 0.300. The van der Waals surface area contributed by atoms with Crippen LogP contribution in [0.1, 0.15) is 11.6 Å². The first-order valence-electron chi connectivity index (χ1n) is 4.27. The maximum absolute atomic E-state index is 13.4. The molecule has 0 amide bonds. The van der Waals surface area contributed by atoms with Gasteiger partial charge in [-0.15, -0.1) is 12.4 Å². The normalized spacial score (nSPS) is 11.2. The molecule has 16 heavy (non-hydrogen) atoms. The number of hydrogen-bond donors (Lipinski definition) is 1. The molecule has 2 N–H and O–H groups in total. The highest BCUT2D eigenvalue weighted by molar-refractivity contribution is 5.85. The molecule has 1 atom stereocenters. The lowest BCUT2D eigenvalue weighted by molar-refractivity contribution is -0.142. The molecule has 0 saturated carbocycles. The summed E-state index contributed by atoms with van der Waals surface area (Å²) in [6.07, 6.45) is 0. The van der Waals surface area contributed by atoms with Crippen molar-refractivity contribution in [1.29, 1.82) is 0 Å². The van der Waals surface area contributed by atoms with E-state index in [0.29, 0.717) is 0 Å². The Bertz CT molecular complexity index is 373. The number of esters is 1. The Morgan fingerprint density at radius 2 is 2.06 bits per heavy atom. The monoisotopic (exact) mass is 249 g/mol. The molecule has 0 heterocycles. The summed E-state index contributed by atoms with van der Waals surface area (Å²) in [7, 11) is 2.57. The molecule has 0 spiro atoms. The average molecular weight is 250 g/mol. The fourth-order valence-electron chi connectivity index (χ4n) is 1.24. The molecule has 0 aliphatic carbocycles. The minimum atomic E-state index is -1.17. The Morgan fingerprint density at radius 1 is 1.44 bits per heavy atom. The molecule has 90 valence electrons. The third-order valence-electron chi connectivity index (χ3n) is 2.00. The lowest BCUT2D eigenvalue weighted by Gasteiger charge is -2.14. The van der Waals surface area contributed by atoms with Gasteiger partial charge in [0.05, 0.1) is 19.8 Å². The van der Waals surface area contributed by atoms with Crippen molar-refractivity contribution in [3.05, 3.63) is 29.6 Å². The molecule has 4 nitrogen and oxygen atoms in total. The largest absolute Gasteiger partial charge is 0.496 e. The van der Waals surface area contributed by atoms with Crippen molar-refractivity contribution in [3.8, 4) is 5.75 Å². The van der Waals surface area contributed by atoms with Gasteiger partial charge >= 0.3 is 5.97 Å². The third-order valence-corrected chi connectivity index (χ3v) is 2.00. The van der Waals surface area contributed by atoms with Gasteiger partial charge in [0.15, 0.2) is 0 Å². The minimum absolute atomic E-state index is 0. The zero-order valence-corrected chi connectivity index (χ0v) is 9.71. The SMILES string of the molecule is COC(=O)[C@H](N)c1c(F)cccc1OC.Cl. The van der Waals surface area contributed by atoms with Crippen LogP contribution in [0.3, 0.4) is 0 Å². The first-order valence-corrected chi connectivity index (χ1v) is 4.27. The first kappa shape index (κ1) is 14.7. The maximum atomic E-state index is 13.4. The van der Waals surface area contributed by atoms with Crippen molar-refractivity contribution < 1.29 is 18.7 Å². The topological polar surface area (TPSA) is 61.5 Å². The van der Waals surface area contributed by atoms with Crippen LogP contribution in [0.15, 0.2) is 18.2 Å². The highest BCUT2D eigenvalue weighted by atomic mass is 35.5. The number of hydrogen-bond acceptors (Lipinski definition) is 4. The average Bonchev–Trinajstić information content (AvgIpc) is 2.26. The van der Waals surface area contributed by atoms with Crippen LogP contribution in [0.2, 0.25) is 0 Å². The maximum Gasteiger partial charge on any atom is 0.327 e. The molecular weight excluding hydrogens is 237 g/mol. The van der Waals surface area contributed by atoms with E-state index in [-0.39, 0.29) is 23.7 Å². The van der Waals surface area contributed by atoms with Gasteiger partial charge in [0.25, 0.3) is 0 Å². The van der Waals surface area contributed by atoms with Gasteiger partial charge in [-0.05, 0) is 12.1 Å². The van der Waals surface area contributed by atoms with E-state index in [0.717, 1.165) is 0 Å². The summed E-state index contributed by atoms with van der Waals surface area (Å²) in [4.78, 5) is 11.2. The standard InChI is InChI=1S/C10H12FNO3.ClH/c1-14-7-5-3-4-6(11)8(7)9(12)10(13)15-2;/h3-5,9H,12H2,1-2H3;1H/t9-;/m1./s1. The number of methoxy groups -OCH3 is 2. The summed E-state index contributed by atoms with van der Waals surface area (Å²) in [6, 6.07) is 3.04. The molecular formula is C10H13ClFNO3. The highest BCUT2D eigenvalue weighted by Gasteiger charge is 2.23. The zero-order chi connectivity index (χ0) is 11.4. The number of nitrogens with two attached hydrogens (primary N) is 1. The van der Waals surface area contributed by atoms with Crippen LogP contribution in [-0.2, 0) is 9.53 Å². The van der Waals surface area contributed by atoms with Gasteiger partial charge in [0.1, 0.15) is 17.6 Å². The molecule has 0 fully saturated rings. The van der Waals surface area contributed by atoms with Crippen LogP contribution in [-0.4, -0.2) is 20.2 Å². The molecule has 1 aromatic carbocycles. The molecule has 6 heteroatoms. The van der Waals surface area contributed by atoms with Crippen LogP contribution in [0.4, 0.5) is 4.39 Å². The third kappa shape index (κ3) is 2.84. The number of carbonyl (C=O) groups excluding carboxylic acids is 1. The van der Waals surface area contributed by atoms with E-state index in [4.69, 9.17) is 10.5 Å². The summed E-state index contributed by atoms with van der Waals surface area (Å²) in [5.41, 5.74) is 5.54. The van der Waals surface area contributed by atoms with Crippen LogP contribution in [0, 0.1) is 5.82 Å². The molecule has 0 bridgehead atoms. The van der Waals surface area contributed by atoms with Gasteiger partial charge < -0.3 is 15.2 Å². The van der Waals surface area contributed by atoms with E-state index in [1.54, 1.807) is 0 Å². The summed E-state index contributed by atoms with van der Waals surface area (Å²) in [5.74, 6) is -1.07. The van der Waals surface area contributed by atoms with E-state index < -0.39 is 17.8 Å². The second-order valence-electron chi connectivity index (χ2n) is 2.86. The zero-order valence-electron chi connectivity index (χ0n) is 8.90. The Balaban J connectivity index is 0.00000225. The Kier molecular flexibility index (Phi) is 5.77. The van der Waals surface area contributed by atoms with Gasteiger partial charge in [-0.1, -0.05) is 6.07 Å². The summed E-state index contributed by atoms with van der Waals surface area (Å²) in [5, 5.41) is 0. The minimum Gasteiger partial charge on any atom is -0.496 e. The fourth-order valence-corrected chi connectivity index (χ4v) is 1.24. The number of halogens is 2. The van der Waals surface area contributed by atoms with Crippen molar-refractivity contribution in [2.45, 2.75) is 6.04 Å². The first-order chi connectivity index (χ1) is 7.11. The van der Waals surface area contributed by atoms with E-state index >= 15 is 0 Å². The summed E-state index contributed by atoms with van der Waals surface area (Å²) < 4.78 is 22.8. The summed E-state index contributed by atoms with van der Waals surface area (Å²) >= 11 is 0. The summed E-state index contributed by atoms with van der Waals surface area (Å²) in [6.45, 7) is 0. The second kappa shape index (κ2) is 6.30. The lowest BCUT2D eigenvalue weighted by atomic mass is 10.1. The molecule has 0 radical (unpaired) electrons. The molecule has 0 aromatic heterocycles. The predicted molar refractivity (Wildman–Crippen MR) is 59.1 cm³/mol. The van der Waals surface area contributed by atoms with E-state index in [9.17, 15) is 9.18 Å². The Labute approximate surface area is 98.9 Å². The van der Waals surface area contributed by atoms with Crippen molar-refractivity contribution >= 4 is 18.4 Å². The van der Waals surface area contributed by atoms with E-state index in [2.05, 4.69) is 4.74 Å². The van der Waals surface area contributed by atoms with Gasteiger partial charge in [0.2, 0.25) is 0 Å². The molecule has 0 aliphatic heterocycles. The van der Waals surface area contributed by atoms with E-state index in [1.807, 2.05) is 0 Å². The number of rotatable bonds is 3. The second-order valence-corrected chi connectivity index (χ2v) is 2.86. The number of benzene rings is 1. The van der Waals surface area contributed by atoms with Crippen LogP contribution < -0.4 is 10.5 Å². The Hall–Kier alpha value is -1.33. The van der Waals surface area contributed by atoms with Crippen molar-refractivity contribution in [3.63, 3.8) is 0 Å². The molecule has 1 rings (SSSR count). The highest BCUT2D eigenvalue weighted by Crippen LogP contribution is 2.26.